The number of hydrogen-bond donors (Lipinski definition) is 0. The van der Waals surface area contributed by atoms with Crippen molar-refractivity contribution in [3.05, 3.63) is 41.8 Å². The summed E-state index contributed by atoms with van der Waals surface area (Å²) >= 11 is 0. The van der Waals surface area contributed by atoms with Gasteiger partial charge in [0.25, 0.3) is 0 Å². The summed E-state index contributed by atoms with van der Waals surface area (Å²) in [5.41, 5.74) is -0.920. The minimum absolute atomic E-state index is 0.00793. The third-order valence-corrected chi connectivity index (χ3v) is 3.10. The maximum Gasteiger partial charge on any atom is 0.417 e. The molecule has 21 heavy (non-hydrogen) atoms. The number of hydrogen-bond acceptors (Lipinski definition) is 3. The van der Waals surface area contributed by atoms with E-state index in [9.17, 15) is 17.6 Å². The Bertz CT molecular complexity index is 846. The lowest BCUT2D eigenvalue weighted by atomic mass is 10.0. The Kier molecular flexibility index (Phi) is 2.93. The number of ether oxygens (including phenoxy) is 1. The topological polar surface area (TPSA) is 35.0 Å². The van der Waals surface area contributed by atoms with Crippen molar-refractivity contribution < 1.29 is 22.3 Å². The first-order valence-electron chi connectivity index (χ1n) is 5.91. The molecule has 0 atom stereocenters. The van der Waals surface area contributed by atoms with Gasteiger partial charge < -0.3 is 4.74 Å². The summed E-state index contributed by atoms with van der Waals surface area (Å²) in [6.45, 7) is 0. The van der Waals surface area contributed by atoms with E-state index < -0.39 is 17.6 Å². The van der Waals surface area contributed by atoms with Gasteiger partial charge in [-0.1, -0.05) is 0 Å². The highest BCUT2D eigenvalue weighted by Crippen LogP contribution is 2.40. The fourth-order valence-electron chi connectivity index (χ4n) is 2.27. The maximum atomic E-state index is 13.4. The number of alkyl halides is 3. The van der Waals surface area contributed by atoms with Gasteiger partial charge in [0, 0.05) is 17.0 Å². The minimum Gasteiger partial charge on any atom is -0.479 e. The van der Waals surface area contributed by atoms with Crippen molar-refractivity contribution in [3.8, 4) is 5.88 Å². The van der Waals surface area contributed by atoms with Crippen molar-refractivity contribution in [3.63, 3.8) is 0 Å². The fourth-order valence-corrected chi connectivity index (χ4v) is 2.27. The van der Waals surface area contributed by atoms with E-state index in [2.05, 4.69) is 9.97 Å². The molecule has 0 saturated carbocycles. The third kappa shape index (κ3) is 2.14. The van der Waals surface area contributed by atoms with Crippen LogP contribution in [0.25, 0.3) is 21.8 Å². The van der Waals surface area contributed by atoms with Crippen LogP contribution in [0.1, 0.15) is 5.56 Å². The van der Waals surface area contributed by atoms with Crippen LogP contribution in [-0.2, 0) is 6.18 Å². The smallest absolute Gasteiger partial charge is 0.417 e. The van der Waals surface area contributed by atoms with Gasteiger partial charge in [0.05, 0.1) is 18.2 Å². The fraction of sp³-hybridized carbons (Fsp3) is 0.143. The number of aromatic nitrogens is 2. The van der Waals surface area contributed by atoms with Crippen molar-refractivity contribution in [2.75, 3.05) is 7.11 Å². The van der Waals surface area contributed by atoms with Gasteiger partial charge in [-0.25, -0.2) is 14.4 Å². The molecule has 0 fully saturated rings. The van der Waals surface area contributed by atoms with Crippen molar-refractivity contribution in [2.24, 2.45) is 0 Å². The van der Waals surface area contributed by atoms with E-state index in [0.29, 0.717) is 0 Å². The van der Waals surface area contributed by atoms with Gasteiger partial charge in [0.15, 0.2) is 0 Å². The van der Waals surface area contributed by atoms with E-state index in [1.807, 2.05) is 0 Å². The van der Waals surface area contributed by atoms with Gasteiger partial charge in [-0.15, -0.1) is 0 Å². The Balaban J connectivity index is 2.58. The van der Waals surface area contributed by atoms with E-state index in [1.54, 1.807) is 0 Å². The quantitative estimate of drug-likeness (QED) is 0.504. The maximum absolute atomic E-state index is 13.4. The number of halogens is 4. The first kappa shape index (κ1) is 13.5. The first-order chi connectivity index (χ1) is 9.91. The average molecular weight is 296 g/mol. The molecule has 0 spiro atoms. The molecule has 0 amide bonds. The molecule has 0 aliphatic heterocycles. The molecule has 3 aromatic rings. The second-order valence-electron chi connectivity index (χ2n) is 4.36. The Hall–Kier alpha value is -2.44. The molecular formula is C14H8F4N2O. The number of benzene rings is 1. The summed E-state index contributed by atoms with van der Waals surface area (Å²) < 4.78 is 58.5. The number of nitrogens with zero attached hydrogens (tertiary/aromatic N) is 2. The zero-order valence-electron chi connectivity index (χ0n) is 10.7. The molecular weight excluding hydrogens is 288 g/mol. The number of rotatable bonds is 1. The summed E-state index contributed by atoms with van der Waals surface area (Å²) in [6, 6.07) is 4.28. The average Bonchev–Trinajstić information content (AvgIpc) is 2.42. The molecule has 0 radical (unpaired) electrons. The lowest BCUT2D eigenvalue weighted by Crippen LogP contribution is -2.08. The van der Waals surface area contributed by atoms with E-state index in [1.165, 1.54) is 25.4 Å². The molecule has 0 unspecified atom stereocenters. The van der Waals surface area contributed by atoms with Gasteiger partial charge in [-0.05, 0) is 24.3 Å². The third-order valence-electron chi connectivity index (χ3n) is 3.10. The minimum atomic E-state index is -4.65. The molecule has 0 N–H and O–H groups in total. The standard InChI is InChI=1S/C14H8F4N2O/c1-21-13-12-8(4-5-19-13)11(14(16,17)18)9-6-7(15)2-3-10(9)20-12/h2-6H,1H3. The van der Waals surface area contributed by atoms with E-state index in [-0.39, 0.29) is 27.7 Å². The molecule has 2 heterocycles. The summed E-state index contributed by atoms with van der Waals surface area (Å²) in [5.74, 6) is -0.764. The monoisotopic (exact) mass is 296 g/mol. The molecule has 108 valence electrons. The molecule has 0 saturated heterocycles. The van der Waals surface area contributed by atoms with E-state index >= 15 is 0 Å². The normalized spacial score (nSPS) is 12.0. The Morgan fingerprint density at radius 1 is 1.10 bits per heavy atom. The predicted molar refractivity (Wildman–Crippen MR) is 68.6 cm³/mol. The Labute approximate surface area is 116 Å². The highest BCUT2D eigenvalue weighted by atomic mass is 19.4. The van der Waals surface area contributed by atoms with Crippen LogP contribution in [0, 0.1) is 5.82 Å². The van der Waals surface area contributed by atoms with Crippen LogP contribution in [0.3, 0.4) is 0 Å². The molecule has 0 aliphatic carbocycles. The summed E-state index contributed by atoms with van der Waals surface area (Å²) in [5, 5.41) is -0.462. The van der Waals surface area contributed by atoms with Crippen molar-refractivity contribution in [2.45, 2.75) is 6.18 Å². The summed E-state index contributed by atoms with van der Waals surface area (Å²) in [4.78, 5) is 7.96. The van der Waals surface area contributed by atoms with E-state index in [4.69, 9.17) is 4.74 Å². The Morgan fingerprint density at radius 2 is 1.86 bits per heavy atom. The van der Waals surface area contributed by atoms with Crippen LogP contribution >= 0.6 is 0 Å². The van der Waals surface area contributed by atoms with Gasteiger partial charge in [0.1, 0.15) is 11.3 Å². The molecule has 3 rings (SSSR count). The van der Waals surface area contributed by atoms with Crippen LogP contribution in [0.2, 0.25) is 0 Å². The highest BCUT2D eigenvalue weighted by Gasteiger charge is 2.36. The molecule has 7 heteroatoms. The Morgan fingerprint density at radius 3 is 2.52 bits per heavy atom. The summed E-state index contributed by atoms with van der Waals surface area (Å²) in [6.07, 6.45) is -3.46. The van der Waals surface area contributed by atoms with Crippen LogP contribution in [0.15, 0.2) is 30.5 Å². The van der Waals surface area contributed by atoms with Crippen LogP contribution in [0.4, 0.5) is 17.6 Å². The number of pyridine rings is 2. The second-order valence-corrected chi connectivity index (χ2v) is 4.36. The zero-order valence-corrected chi connectivity index (χ0v) is 10.7. The van der Waals surface area contributed by atoms with Gasteiger partial charge >= 0.3 is 6.18 Å². The van der Waals surface area contributed by atoms with Gasteiger partial charge in [-0.2, -0.15) is 13.2 Å². The number of fused-ring (bicyclic) bond motifs is 2. The SMILES string of the molecule is COc1nccc2c(C(F)(F)F)c3cc(F)ccc3nc12. The van der Waals surface area contributed by atoms with Gasteiger partial charge in [0.2, 0.25) is 5.88 Å². The van der Waals surface area contributed by atoms with Crippen LogP contribution < -0.4 is 4.74 Å². The zero-order chi connectivity index (χ0) is 15.2. The lowest BCUT2D eigenvalue weighted by molar-refractivity contribution is -0.135. The molecule has 2 aromatic heterocycles. The molecule has 0 aliphatic rings. The summed E-state index contributed by atoms with van der Waals surface area (Å²) in [7, 11) is 1.30. The van der Waals surface area contributed by atoms with Crippen molar-refractivity contribution in [1.29, 1.82) is 0 Å². The highest BCUT2D eigenvalue weighted by molar-refractivity contribution is 5.99. The number of methoxy groups -OCH3 is 1. The molecule has 0 bridgehead atoms. The van der Waals surface area contributed by atoms with E-state index in [0.717, 1.165) is 12.1 Å². The van der Waals surface area contributed by atoms with Crippen molar-refractivity contribution >= 4 is 21.8 Å². The van der Waals surface area contributed by atoms with Crippen LogP contribution in [0.5, 0.6) is 5.88 Å². The largest absolute Gasteiger partial charge is 0.479 e. The van der Waals surface area contributed by atoms with Crippen molar-refractivity contribution in [1.82, 2.24) is 9.97 Å². The lowest BCUT2D eigenvalue weighted by Gasteiger charge is -2.14. The predicted octanol–water partition coefficient (Wildman–Crippen LogP) is 3.95. The van der Waals surface area contributed by atoms with Gasteiger partial charge in [-0.3, -0.25) is 0 Å². The molecule has 1 aromatic carbocycles. The van der Waals surface area contributed by atoms with Crippen LogP contribution in [-0.4, -0.2) is 17.1 Å². The second kappa shape index (κ2) is 4.54. The molecule has 3 nitrogen and oxygen atoms in total. The first-order valence-corrected chi connectivity index (χ1v) is 5.91.